The molecule has 0 spiro atoms. The van der Waals surface area contributed by atoms with Crippen LogP contribution >= 0.6 is 12.6 Å². The summed E-state index contributed by atoms with van der Waals surface area (Å²) in [6.45, 7) is 10.8. The molecule has 128 valence electrons. The van der Waals surface area contributed by atoms with E-state index in [1.54, 1.807) is 13.8 Å². The molecule has 22 heavy (non-hydrogen) atoms. The summed E-state index contributed by atoms with van der Waals surface area (Å²) in [5.74, 6) is -0.360. The van der Waals surface area contributed by atoms with Crippen molar-refractivity contribution in [1.82, 2.24) is 4.90 Å². The van der Waals surface area contributed by atoms with Gasteiger partial charge in [-0.15, -0.1) is 0 Å². The van der Waals surface area contributed by atoms with Crippen molar-refractivity contribution in [3.8, 4) is 0 Å². The van der Waals surface area contributed by atoms with Crippen molar-refractivity contribution in [2.24, 2.45) is 0 Å². The van der Waals surface area contributed by atoms with E-state index in [4.69, 9.17) is 22.1 Å². The maximum absolute atomic E-state index is 11.5. The van der Waals surface area contributed by atoms with Crippen molar-refractivity contribution in [2.45, 2.75) is 76.8 Å². The SMILES string of the molecule is CCC(=O)OCCN1C(C)(C)CC(OC(=O)CC)CC1(C)S. The number of rotatable bonds is 6. The molecule has 1 heterocycles. The lowest BCUT2D eigenvalue weighted by molar-refractivity contribution is -0.158. The molecule has 5 nitrogen and oxygen atoms in total. The number of piperidine rings is 1. The third kappa shape index (κ3) is 5.16. The fourth-order valence-electron chi connectivity index (χ4n) is 3.18. The molecule has 2 atom stereocenters. The van der Waals surface area contributed by atoms with Gasteiger partial charge in [0.2, 0.25) is 0 Å². The Labute approximate surface area is 139 Å². The van der Waals surface area contributed by atoms with Crippen LogP contribution in [0.3, 0.4) is 0 Å². The Balaban J connectivity index is 2.70. The molecule has 0 amide bonds. The lowest BCUT2D eigenvalue weighted by Crippen LogP contribution is -2.62. The average Bonchev–Trinajstić information content (AvgIpc) is 2.40. The number of likely N-dealkylation sites (tertiary alicyclic amines) is 1. The van der Waals surface area contributed by atoms with Gasteiger partial charge in [-0.1, -0.05) is 13.8 Å². The zero-order valence-electron chi connectivity index (χ0n) is 14.3. The van der Waals surface area contributed by atoms with Crippen LogP contribution in [0.5, 0.6) is 0 Å². The second-order valence-corrected chi connectivity index (χ2v) is 7.59. The molecule has 0 aromatic rings. The van der Waals surface area contributed by atoms with Gasteiger partial charge in [-0.3, -0.25) is 14.5 Å². The summed E-state index contributed by atoms with van der Waals surface area (Å²) >= 11 is 4.78. The van der Waals surface area contributed by atoms with E-state index in [1.165, 1.54) is 0 Å². The topological polar surface area (TPSA) is 55.8 Å². The Bertz CT molecular complexity index is 391. The van der Waals surface area contributed by atoms with Gasteiger partial charge in [0.25, 0.3) is 0 Å². The number of hydrogen-bond donors (Lipinski definition) is 1. The Morgan fingerprint density at radius 2 is 1.73 bits per heavy atom. The number of nitrogens with zero attached hydrogens (tertiary/aromatic N) is 1. The molecule has 0 radical (unpaired) electrons. The third-order valence-corrected chi connectivity index (χ3v) is 4.53. The van der Waals surface area contributed by atoms with Crippen LogP contribution in [0.15, 0.2) is 0 Å². The first-order valence-corrected chi connectivity index (χ1v) is 8.42. The molecule has 2 unspecified atom stereocenters. The maximum atomic E-state index is 11.5. The molecule has 0 saturated carbocycles. The fraction of sp³-hybridized carbons (Fsp3) is 0.875. The van der Waals surface area contributed by atoms with Gasteiger partial charge < -0.3 is 9.47 Å². The molecule has 0 aliphatic carbocycles. The summed E-state index contributed by atoms with van der Waals surface area (Å²) in [5, 5.41) is 0. The Morgan fingerprint density at radius 3 is 2.23 bits per heavy atom. The van der Waals surface area contributed by atoms with Crippen LogP contribution in [0, 0.1) is 0 Å². The minimum atomic E-state index is -0.418. The van der Waals surface area contributed by atoms with Crippen LogP contribution in [-0.2, 0) is 19.1 Å². The Kier molecular flexibility index (Phi) is 6.74. The van der Waals surface area contributed by atoms with E-state index in [-0.39, 0.29) is 23.6 Å². The molecular weight excluding hydrogens is 302 g/mol. The number of carbonyl (C=O) groups is 2. The predicted molar refractivity (Wildman–Crippen MR) is 88.8 cm³/mol. The second kappa shape index (κ2) is 7.68. The highest BCUT2D eigenvalue weighted by atomic mass is 32.1. The van der Waals surface area contributed by atoms with E-state index in [0.717, 1.165) is 6.42 Å². The van der Waals surface area contributed by atoms with Gasteiger partial charge in [-0.05, 0) is 20.8 Å². The number of ether oxygens (including phenoxy) is 2. The standard InChI is InChI=1S/C16H29NO4S/c1-6-13(18)20-9-8-17-15(3,4)10-12(11-16(17,5)22)21-14(19)7-2/h12,22H,6-11H2,1-5H3. The molecule has 0 N–H and O–H groups in total. The molecule has 0 bridgehead atoms. The predicted octanol–water partition coefficient (Wildman–Crippen LogP) is 2.78. The summed E-state index contributed by atoms with van der Waals surface area (Å²) in [6, 6.07) is 0. The molecule has 1 saturated heterocycles. The van der Waals surface area contributed by atoms with Crippen LogP contribution in [-0.4, -0.2) is 46.5 Å². The van der Waals surface area contributed by atoms with Gasteiger partial charge in [0.1, 0.15) is 12.7 Å². The minimum Gasteiger partial charge on any atom is -0.464 e. The largest absolute Gasteiger partial charge is 0.464 e. The Hall–Kier alpha value is -0.750. The number of hydrogen-bond acceptors (Lipinski definition) is 6. The third-order valence-electron chi connectivity index (χ3n) is 4.11. The first-order valence-electron chi connectivity index (χ1n) is 7.97. The lowest BCUT2D eigenvalue weighted by Gasteiger charge is -2.54. The highest BCUT2D eigenvalue weighted by Gasteiger charge is 2.47. The highest BCUT2D eigenvalue weighted by Crippen LogP contribution is 2.41. The van der Waals surface area contributed by atoms with Crippen LogP contribution < -0.4 is 0 Å². The normalized spacial score (nSPS) is 28.2. The zero-order valence-corrected chi connectivity index (χ0v) is 15.2. The molecule has 1 rings (SSSR count). The quantitative estimate of drug-likeness (QED) is 0.599. The van der Waals surface area contributed by atoms with Crippen molar-refractivity contribution in [3.05, 3.63) is 0 Å². The van der Waals surface area contributed by atoms with Crippen LogP contribution in [0.25, 0.3) is 0 Å². The summed E-state index contributed by atoms with van der Waals surface area (Å²) in [5.41, 5.74) is -0.188. The van der Waals surface area contributed by atoms with Crippen molar-refractivity contribution in [2.75, 3.05) is 13.2 Å². The van der Waals surface area contributed by atoms with Crippen molar-refractivity contribution in [3.63, 3.8) is 0 Å². The van der Waals surface area contributed by atoms with Crippen LogP contribution in [0.1, 0.15) is 60.3 Å². The van der Waals surface area contributed by atoms with E-state index >= 15 is 0 Å². The van der Waals surface area contributed by atoms with Gasteiger partial charge in [0.15, 0.2) is 0 Å². The minimum absolute atomic E-state index is 0.126. The van der Waals surface area contributed by atoms with Crippen molar-refractivity contribution >= 4 is 24.6 Å². The summed E-state index contributed by atoms with van der Waals surface area (Å²) in [6.07, 6.45) is 2.05. The van der Waals surface area contributed by atoms with Gasteiger partial charge in [-0.2, -0.15) is 12.6 Å². The lowest BCUT2D eigenvalue weighted by atomic mass is 9.84. The fourth-order valence-corrected chi connectivity index (χ4v) is 3.76. The first-order chi connectivity index (χ1) is 10.1. The molecule has 0 aromatic heterocycles. The van der Waals surface area contributed by atoms with E-state index in [9.17, 15) is 9.59 Å². The van der Waals surface area contributed by atoms with Gasteiger partial charge >= 0.3 is 11.9 Å². The van der Waals surface area contributed by atoms with E-state index in [2.05, 4.69) is 18.7 Å². The number of carbonyl (C=O) groups excluding carboxylic acids is 2. The second-order valence-electron chi connectivity index (χ2n) is 6.63. The van der Waals surface area contributed by atoms with E-state index in [0.29, 0.717) is 32.4 Å². The molecule has 0 aromatic carbocycles. The van der Waals surface area contributed by atoms with E-state index in [1.807, 2.05) is 6.92 Å². The summed E-state index contributed by atoms with van der Waals surface area (Å²) < 4.78 is 10.7. The smallest absolute Gasteiger partial charge is 0.305 e. The van der Waals surface area contributed by atoms with Crippen LogP contribution in [0.4, 0.5) is 0 Å². The summed E-state index contributed by atoms with van der Waals surface area (Å²) in [7, 11) is 0. The summed E-state index contributed by atoms with van der Waals surface area (Å²) in [4.78, 5) is 24.6. The van der Waals surface area contributed by atoms with E-state index < -0.39 is 4.87 Å². The van der Waals surface area contributed by atoms with Crippen molar-refractivity contribution < 1.29 is 19.1 Å². The first kappa shape index (κ1) is 19.3. The molecule has 1 aliphatic rings. The number of thiol groups is 1. The Morgan fingerprint density at radius 1 is 1.14 bits per heavy atom. The molecule has 6 heteroatoms. The monoisotopic (exact) mass is 331 g/mol. The van der Waals surface area contributed by atoms with Gasteiger partial charge in [-0.25, -0.2) is 0 Å². The average molecular weight is 331 g/mol. The maximum Gasteiger partial charge on any atom is 0.305 e. The van der Waals surface area contributed by atoms with Crippen molar-refractivity contribution in [1.29, 1.82) is 0 Å². The molecule has 1 fully saturated rings. The molecule has 1 aliphatic heterocycles. The van der Waals surface area contributed by atoms with Crippen LogP contribution in [0.2, 0.25) is 0 Å². The zero-order chi connectivity index (χ0) is 17.0. The molecular formula is C16H29NO4S. The highest BCUT2D eigenvalue weighted by molar-refractivity contribution is 7.81. The van der Waals surface area contributed by atoms with Gasteiger partial charge in [0, 0.05) is 37.8 Å². The number of esters is 2. The van der Waals surface area contributed by atoms with Gasteiger partial charge in [0.05, 0.1) is 4.87 Å².